The minimum atomic E-state index is -2.53. The van der Waals surface area contributed by atoms with E-state index in [-0.39, 0.29) is 29.3 Å². The summed E-state index contributed by atoms with van der Waals surface area (Å²) < 4.78 is 7.19. The SMILES string of the molecule is CC(C)(C)[Si](OC1C[C@@H]2C(C(=O)CC#N)[C@@H]2C1)(c1ccccc1)c1ccccc1. The van der Waals surface area contributed by atoms with Crippen molar-refractivity contribution in [2.75, 3.05) is 0 Å². The first-order valence-corrected chi connectivity index (χ1v) is 12.5. The zero-order chi connectivity index (χ0) is 20.6. The van der Waals surface area contributed by atoms with Crippen LogP contribution in [0, 0.1) is 29.1 Å². The summed E-state index contributed by atoms with van der Waals surface area (Å²) in [5, 5.41) is 11.4. The van der Waals surface area contributed by atoms with Crippen molar-refractivity contribution in [3.8, 4) is 6.07 Å². The molecule has 0 radical (unpaired) electrons. The van der Waals surface area contributed by atoms with Crippen LogP contribution in [0.3, 0.4) is 0 Å². The number of rotatable bonds is 6. The molecule has 4 rings (SSSR count). The normalized spacial score (nSPS) is 25.9. The van der Waals surface area contributed by atoms with Gasteiger partial charge in [0, 0.05) is 12.0 Å². The number of ketones is 1. The van der Waals surface area contributed by atoms with Gasteiger partial charge in [0.2, 0.25) is 0 Å². The standard InChI is InChI=1S/C25H29NO2Si/c1-25(2,3)29(19-10-6-4-7-11-19,20-12-8-5-9-13-20)28-18-16-21-22(17-18)24(21)23(27)14-15-26/h4-13,18,21-22,24H,14,16-17H2,1-3H3/t18?,21-,22+,24?. The molecule has 0 heterocycles. The van der Waals surface area contributed by atoms with E-state index in [1.165, 1.54) is 10.4 Å². The summed E-state index contributed by atoms with van der Waals surface area (Å²) in [5.74, 6) is 1.07. The van der Waals surface area contributed by atoms with Crippen LogP contribution in [0.25, 0.3) is 0 Å². The molecule has 0 aromatic heterocycles. The van der Waals surface area contributed by atoms with Crippen molar-refractivity contribution < 1.29 is 9.22 Å². The average Bonchev–Trinajstić information content (AvgIpc) is 3.22. The Hall–Kier alpha value is -2.22. The molecular formula is C25H29NO2Si. The lowest BCUT2D eigenvalue weighted by molar-refractivity contribution is -0.120. The number of carbonyl (C=O) groups excluding carboxylic acids is 1. The van der Waals surface area contributed by atoms with Crippen molar-refractivity contribution in [3.63, 3.8) is 0 Å². The van der Waals surface area contributed by atoms with Crippen LogP contribution in [-0.2, 0) is 9.22 Å². The Morgan fingerprint density at radius 3 is 1.90 bits per heavy atom. The number of nitrogens with zero attached hydrogens (tertiary/aromatic N) is 1. The van der Waals surface area contributed by atoms with E-state index in [0.717, 1.165) is 12.8 Å². The number of carbonyl (C=O) groups is 1. The molecule has 2 aromatic rings. The summed E-state index contributed by atoms with van der Waals surface area (Å²) in [6.07, 6.45) is 2.12. The molecule has 2 saturated carbocycles. The fraction of sp³-hybridized carbons (Fsp3) is 0.440. The van der Waals surface area contributed by atoms with Crippen molar-refractivity contribution in [1.29, 1.82) is 5.26 Å². The molecule has 2 unspecified atom stereocenters. The number of benzene rings is 2. The molecule has 3 nitrogen and oxygen atoms in total. The van der Waals surface area contributed by atoms with E-state index in [4.69, 9.17) is 9.69 Å². The zero-order valence-electron chi connectivity index (χ0n) is 17.5. The summed E-state index contributed by atoms with van der Waals surface area (Å²) in [4.78, 5) is 12.2. The Balaban J connectivity index is 1.65. The second-order valence-corrected chi connectivity index (χ2v) is 13.8. The van der Waals surface area contributed by atoms with Gasteiger partial charge in [-0.05, 0) is 40.1 Å². The molecule has 4 heteroatoms. The van der Waals surface area contributed by atoms with Gasteiger partial charge in [-0.2, -0.15) is 5.26 Å². The van der Waals surface area contributed by atoms with Crippen LogP contribution in [0.2, 0.25) is 5.04 Å². The quantitative estimate of drug-likeness (QED) is 0.683. The molecule has 2 aliphatic rings. The van der Waals surface area contributed by atoms with E-state index in [1.54, 1.807) is 0 Å². The monoisotopic (exact) mass is 403 g/mol. The molecule has 2 aliphatic carbocycles. The maximum absolute atomic E-state index is 12.2. The number of nitriles is 1. The number of hydrogen-bond donors (Lipinski definition) is 0. The second kappa shape index (κ2) is 7.55. The van der Waals surface area contributed by atoms with Crippen LogP contribution in [-0.4, -0.2) is 20.2 Å². The van der Waals surface area contributed by atoms with Gasteiger partial charge in [0.15, 0.2) is 5.78 Å². The summed E-state index contributed by atoms with van der Waals surface area (Å²) in [5.41, 5.74) is 0. The number of Topliss-reactive ketones (excluding diaryl/α,β-unsaturated/α-hetero) is 1. The van der Waals surface area contributed by atoms with Crippen LogP contribution in [0.4, 0.5) is 0 Å². The molecule has 0 spiro atoms. The number of hydrogen-bond acceptors (Lipinski definition) is 3. The lowest BCUT2D eigenvalue weighted by Gasteiger charge is -2.45. The van der Waals surface area contributed by atoms with Crippen molar-refractivity contribution >= 4 is 24.5 Å². The Bertz CT molecular complexity index is 862. The predicted molar refractivity (Wildman–Crippen MR) is 117 cm³/mol. The third kappa shape index (κ3) is 3.47. The lowest BCUT2D eigenvalue weighted by atomic mass is 10.0. The highest BCUT2D eigenvalue weighted by atomic mass is 28.4. The third-order valence-corrected chi connectivity index (χ3v) is 11.9. The number of fused-ring (bicyclic) bond motifs is 1. The average molecular weight is 404 g/mol. The smallest absolute Gasteiger partial charge is 0.261 e. The molecule has 150 valence electrons. The van der Waals surface area contributed by atoms with Crippen molar-refractivity contribution in [2.45, 2.75) is 51.2 Å². The van der Waals surface area contributed by atoms with Gasteiger partial charge in [-0.25, -0.2) is 0 Å². The third-order valence-electron chi connectivity index (χ3n) is 6.79. The second-order valence-electron chi connectivity index (χ2n) is 9.53. The van der Waals surface area contributed by atoms with Gasteiger partial charge in [-0.15, -0.1) is 0 Å². The first-order valence-electron chi connectivity index (χ1n) is 10.6. The fourth-order valence-corrected chi connectivity index (χ4v) is 10.2. The van der Waals surface area contributed by atoms with Crippen molar-refractivity contribution in [3.05, 3.63) is 60.7 Å². The van der Waals surface area contributed by atoms with Crippen LogP contribution in [0.1, 0.15) is 40.0 Å². The predicted octanol–water partition coefficient (Wildman–Crippen LogP) is 4.07. The van der Waals surface area contributed by atoms with Gasteiger partial charge < -0.3 is 4.43 Å². The highest BCUT2D eigenvalue weighted by Crippen LogP contribution is 2.59. The highest BCUT2D eigenvalue weighted by molar-refractivity contribution is 6.99. The van der Waals surface area contributed by atoms with Gasteiger partial charge in [-0.1, -0.05) is 81.4 Å². The molecule has 2 fully saturated rings. The largest absolute Gasteiger partial charge is 0.404 e. The summed E-state index contributed by atoms with van der Waals surface area (Å²) in [6.45, 7) is 6.90. The lowest BCUT2D eigenvalue weighted by Crippen LogP contribution is -2.67. The Morgan fingerprint density at radius 1 is 1.00 bits per heavy atom. The topological polar surface area (TPSA) is 50.1 Å². The molecule has 0 aliphatic heterocycles. The van der Waals surface area contributed by atoms with E-state index in [9.17, 15) is 4.79 Å². The minimum Gasteiger partial charge on any atom is -0.404 e. The molecule has 0 N–H and O–H groups in total. The fourth-order valence-electron chi connectivity index (χ4n) is 5.50. The Labute approximate surface area is 174 Å². The molecule has 4 atom stereocenters. The van der Waals surface area contributed by atoms with E-state index in [1.807, 2.05) is 6.07 Å². The van der Waals surface area contributed by atoms with Gasteiger partial charge in [-0.3, -0.25) is 4.79 Å². The summed E-state index contributed by atoms with van der Waals surface area (Å²) in [6, 6.07) is 23.5. The van der Waals surface area contributed by atoms with Crippen molar-refractivity contribution in [1.82, 2.24) is 0 Å². The van der Waals surface area contributed by atoms with E-state index >= 15 is 0 Å². The molecule has 0 bridgehead atoms. The molecule has 2 aromatic carbocycles. The van der Waals surface area contributed by atoms with E-state index in [2.05, 4.69) is 81.4 Å². The maximum atomic E-state index is 12.2. The highest BCUT2D eigenvalue weighted by Gasteiger charge is 2.61. The summed E-state index contributed by atoms with van der Waals surface area (Å²) >= 11 is 0. The molecule has 29 heavy (non-hydrogen) atoms. The summed E-state index contributed by atoms with van der Waals surface area (Å²) in [7, 11) is -2.53. The molecule has 0 amide bonds. The first kappa shape index (κ1) is 20.1. The van der Waals surface area contributed by atoms with E-state index < -0.39 is 8.32 Å². The van der Waals surface area contributed by atoms with Crippen molar-refractivity contribution in [2.24, 2.45) is 17.8 Å². The zero-order valence-corrected chi connectivity index (χ0v) is 18.5. The van der Waals surface area contributed by atoms with Crippen LogP contribution in [0.5, 0.6) is 0 Å². The van der Waals surface area contributed by atoms with E-state index in [0.29, 0.717) is 11.8 Å². The van der Waals surface area contributed by atoms with Gasteiger partial charge >= 0.3 is 0 Å². The van der Waals surface area contributed by atoms with Crippen LogP contribution >= 0.6 is 0 Å². The van der Waals surface area contributed by atoms with Crippen LogP contribution < -0.4 is 10.4 Å². The van der Waals surface area contributed by atoms with Crippen LogP contribution in [0.15, 0.2) is 60.7 Å². The Morgan fingerprint density at radius 2 is 1.48 bits per heavy atom. The maximum Gasteiger partial charge on any atom is 0.261 e. The molecule has 0 saturated heterocycles. The minimum absolute atomic E-state index is 0.0292. The first-order chi connectivity index (χ1) is 13.9. The Kier molecular flexibility index (Phi) is 5.23. The van der Waals surface area contributed by atoms with Gasteiger partial charge in [0.05, 0.1) is 12.5 Å². The van der Waals surface area contributed by atoms with Gasteiger partial charge in [0.25, 0.3) is 8.32 Å². The van der Waals surface area contributed by atoms with Gasteiger partial charge in [0.1, 0.15) is 0 Å². The molecular weight excluding hydrogens is 374 g/mol.